The number of rotatable bonds is 6. The molecule has 3 N–H and O–H groups in total. The molecule has 9 heteroatoms. The highest BCUT2D eigenvalue weighted by Crippen LogP contribution is 2.13. The number of carbonyl (C=O) groups excluding carboxylic acids is 2. The van der Waals surface area contributed by atoms with Gasteiger partial charge in [0.15, 0.2) is 5.69 Å². The van der Waals surface area contributed by atoms with Crippen LogP contribution in [0.2, 0.25) is 0 Å². The van der Waals surface area contributed by atoms with Crippen molar-refractivity contribution >= 4 is 17.6 Å². The molecule has 0 aliphatic rings. The van der Waals surface area contributed by atoms with Crippen molar-refractivity contribution in [2.45, 2.75) is 13.1 Å². The van der Waals surface area contributed by atoms with Crippen LogP contribution >= 0.6 is 0 Å². The molecule has 0 saturated heterocycles. The second kappa shape index (κ2) is 6.66. The fraction of sp³-hybridized carbons (Fsp3) is 0.308. The number of nitrogens with zero attached hydrogens (tertiary/aromatic N) is 5. The number of pyridine rings is 1. The Bertz CT molecular complexity index is 681. The summed E-state index contributed by atoms with van der Waals surface area (Å²) in [6, 6.07) is 3.68. The van der Waals surface area contributed by atoms with Crippen molar-refractivity contribution in [3.05, 3.63) is 35.8 Å². The Morgan fingerprint density at radius 3 is 2.86 bits per heavy atom. The molecule has 0 spiro atoms. The predicted molar refractivity (Wildman–Crippen MR) is 79.0 cm³/mol. The second-order valence-electron chi connectivity index (χ2n) is 4.83. The van der Waals surface area contributed by atoms with E-state index < -0.39 is 5.91 Å². The molecule has 2 aromatic rings. The zero-order chi connectivity index (χ0) is 16.1. The van der Waals surface area contributed by atoms with E-state index in [1.54, 1.807) is 12.3 Å². The molecule has 22 heavy (non-hydrogen) atoms. The van der Waals surface area contributed by atoms with E-state index in [1.807, 2.05) is 25.1 Å². The van der Waals surface area contributed by atoms with Gasteiger partial charge in [-0.3, -0.25) is 9.59 Å². The van der Waals surface area contributed by atoms with Gasteiger partial charge in [0.1, 0.15) is 12.4 Å². The number of nitrogens with one attached hydrogen (secondary N) is 1. The number of hydrogen-bond acceptors (Lipinski definition) is 6. The highest BCUT2D eigenvalue weighted by Gasteiger charge is 2.13. The van der Waals surface area contributed by atoms with Gasteiger partial charge in [0.05, 0.1) is 6.20 Å². The first-order chi connectivity index (χ1) is 10.5. The molecule has 2 heterocycles. The van der Waals surface area contributed by atoms with Crippen LogP contribution in [-0.2, 0) is 17.9 Å². The van der Waals surface area contributed by atoms with E-state index in [4.69, 9.17) is 5.73 Å². The van der Waals surface area contributed by atoms with Crippen LogP contribution in [0.3, 0.4) is 0 Å². The molecule has 2 amide bonds. The molecule has 0 saturated carbocycles. The average molecular weight is 303 g/mol. The first-order valence-electron chi connectivity index (χ1n) is 6.55. The van der Waals surface area contributed by atoms with Crippen LogP contribution in [-0.4, -0.2) is 45.9 Å². The van der Waals surface area contributed by atoms with Gasteiger partial charge in [-0.2, -0.15) is 0 Å². The molecule has 9 nitrogen and oxygen atoms in total. The first-order valence-corrected chi connectivity index (χ1v) is 6.55. The predicted octanol–water partition coefficient (Wildman–Crippen LogP) is -0.846. The largest absolute Gasteiger partial charge is 0.368 e. The molecule has 0 fully saturated rings. The lowest BCUT2D eigenvalue weighted by Crippen LogP contribution is -2.25. The summed E-state index contributed by atoms with van der Waals surface area (Å²) in [4.78, 5) is 28.9. The summed E-state index contributed by atoms with van der Waals surface area (Å²) < 4.78 is 1.21. The summed E-state index contributed by atoms with van der Waals surface area (Å²) in [5.74, 6) is -0.160. The third kappa shape index (κ3) is 3.78. The third-order valence-electron chi connectivity index (χ3n) is 2.82. The van der Waals surface area contributed by atoms with Gasteiger partial charge in [-0.15, -0.1) is 5.10 Å². The molecule has 0 aliphatic heterocycles. The Labute approximate surface area is 127 Å². The number of anilines is 1. The lowest BCUT2D eigenvalue weighted by Gasteiger charge is -2.15. The van der Waals surface area contributed by atoms with Crippen molar-refractivity contribution < 1.29 is 9.59 Å². The van der Waals surface area contributed by atoms with Gasteiger partial charge in [-0.05, 0) is 6.07 Å². The molecular weight excluding hydrogens is 286 g/mol. The summed E-state index contributed by atoms with van der Waals surface area (Å²) in [7, 11) is 3.76. The monoisotopic (exact) mass is 303 g/mol. The van der Waals surface area contributed by atoms with Crippen LogP contribution < -0.4 is 16.0 Å². The quantitative estimate of drug-likeness (QED) is 0.717. The molecule has 0 unspecified atom stereocenters. The Morgan fingerprint density at radius 2 is 2.18 bits per heavy atom. The lowest BCUT2D eigenvalue weighted by molar-refractivity contribution is -0.118. The first kappa shape index (κ1) is 15.4. The summed E-state index contributed by atoms with van der Waals surface area (Å²) in [5.41, 5.74) is 6.05. The van der Waals surface area contributed by atoms with E-state index in [1.165, 1.54) is 10.9 Å². The van der Waals surface area contributed by atoms with Crippen molar-refractivity contribution in [1.82, 2.24) is 25.3 Å². The van der Waals surface area contributed by atoms with Crippen LogP contribution in [0.4, 0.5) is 5.82 Å². The molecule has 2 rings (SSSR count). The van der Waals surface area contributed by atoms with E-state index in [-0.39, 0.29) is 18.1 Å². The second-order valence-corrected chi connectivity index (χ2v) is 4.83. The zero-order valence-corrected chi connectivity index (χ0v) is 12.4. The molecule has 0 atom stereocenters. The summed E-state index contributed by atoms with van der Waals surface area (Å²) in [6.07, 6.45) is 3.06. The fourth-order valence-electron chi connectivity index (χ4n) is 1.88. The van der Waals surface area contributed by atoms with Gasteiger partial charge >= 0.3 is 0 Å². The van der Waals surface area contributed by atoms with E-state index in [9.17, 15) is 9.59 Å². The topological polar surface area (TPSA) is 119 Å². The molecule has 116 valence electrons. The van der Waals surface area contributed by atoms with Crippen LogP contribution in [0.1, 0.15) is 16.1 Å². The molecule has 0 aliphatic carbocycles. The van der Waals surface area contributed by atoms with Gasteiger partial charge in [0.2, 0.25) is 5.91 Å². The minimum atomic E-state index is -0.553. The minimum Gasteiger partial charge on any atom is -0.368 e. The molecule has 0 radical (unpaired) electrons. The third-order valence-corrected chi connectivity index (χ3v) is 2.82. The average Bonchev–Trinajstić information content (AvgIpc) is 2.92. The zero-order valence-electron chi connectivity index (χ0n) is 12.4. The maximum Gasteiger partial charge on any atom is 0.273 e. The van der Waals surface area contributed by atoms with Crippen LogP contribution in [0.15, 0.2) is 24.5 Å². The van der Waals surface area contributed by atoms with E-state index in [2.05, 4.69) is 20.6 Å². The normalized spacial score (nSPS) is 10.3. The van der Waals surface area contributed by atoms with Crippen molar-refractivity contribution in [1.29, 1.82) is 0 Å². The van der Waals surface area contributed by atoms with Crippen LogP contribution in [0.25, 0.3) is 0 Å². The van der Waals surface area contributed by atoms with Crippen molar-refractivity contribution in [3.8, 4) is 0 Å². The van der Waals surface area contributed by atoms with E-state index in [0.29, 0.717) is 6.54 Å². The van der Waals surface area contributed by atoms with Crippen molar-refractivity contribution in [2.24, 2.45) is 5.73 Å². The number of carbonyl (C=O) groups is 2. The Balaban J connectivity index is 2.01. The summed E-state index contributed by atoms with van der Waals surface area (Å²) in [6.45, 7) is 0.191. The van der Waals surface area contributed by atoms with Gasteiger partial charge in [-0.25, -0.2) is 9.67 Å². The Kier molecular flexibility index (Phi) is 4.66. The number of hydrogen-bond donors (Lipinski definition) is 2. The summed E-state index contributed by atoms with van der Waals surface area (Å²) in [5, 5.41) is 10.1. The van der Waals surface area contributed by atoms with Crippen molar-refractivity contribution in [3.63, 3.8) is 0 Å². The maximum atomic E-state index is 12.0. The van der Waals surface area contributed by atoms with Gasteiger partial charge in [-0.1, -0.05) is 11.3 Å². The SMILES string of the molecule is CN(C)c1ncccc1CNC(=O)c1cn(CC(N)=O)nn1. The number of aromatic nitrogens is 4. The summed E-state index contributed by atoms with van der Waals surface area (Å²) >= 11 is 0. The van der Waals surface area contributed by atoms with E-state index in [0.717, 1.165) is 11.4 Å². The number of amides is 2. The van der Waals surface area contributed by atoms with Crippen LogP contribution in [0, 0.1) is 0 Å². The minimum absolute atomic E-state index is 0.117. The Hall–Kier alpha value is -2.97. The fourth-order valence-corrected chi connectivity index (χ4v) is 1.88. The van der Waals surface area contributed by atoms with Gasteiger partial charge in [0.25, 0.3) is 5.91 Å². The highest BCUT2D eigenvalue weighted by molar-refractivity contribution is 5.91. The number of nitrogens with two attached hydrogens (primary N) is 1. The van der Waals surface area contributed by atoms with Gasteiger partial charge in [0, 0.05) is 32.4 Å². The standard InChI is InChI=1S/C13H17N7O2/c1-19(2)12-9(4-3-5-15-12)6-16-13(22)10-7-20(18-17-10)8-11(14)21/h3-5,7H,6,8H2,1-2H3,(H2,14,21)(H,16,22). The van der Waals surface area contributed by atoms with Gasteiger partial charge < -0.3 is 16.0 Å². The van der Waals surface area contributed by atoms with Crippen molar-refractivity contribution in [2.75, 3.05) is 19.0 Å². The van der Waals surface area contributed by atoms with E-state index >= 15 is 0 Å². The maximum absolute atomic E-state index is 12.0. The molecule has 0 aromatic carbocycles. The smallest absolute Gasteiger partial charge is 0.273 e. The number of primary amides is 1. The highest BCUT2D eigenvalue weighted by atomic mass is 16.2. The van der Waals surface area contributed by atoms with Crippen LogP contribution in [0.5, 0.6) is 0 Å². The molecule has 2 aromatic heterocycles. The lowest BCUT2D eigenvalue weighted by atomic mass is 10.2. The Morgan fingerprint density at radius 1 is 1.41 bits per heavy atom. The molecule has 0 bridgehead atoms. The molecular formula is C13H17N7O2.